The van der Waals surface area contributed by atoms with Gasteiger partial charge in [-0.05, 0) is 23.6 Å². The van der Waals surface area contributed by atoms with Gasteiger partial charge in [0.2, 0.25) is 0 Å². The van der Waals surface area contributed by atoms with E-state index in [2.05, 4.69) is 20.6 Å². The lowest BCUT2D eigenvalue weighted by Gasteiger charge is -2.02. The lowest BCUT2D eigenvalue weighted by Crippen LogP contribution is -2.13. The number of rotatable bonds is 3. The molecule has 86 valence electrons. The standard InChI is InChI=1S/C10H9N5OS/c16-10-13-12-9-4-3-8(14-15(9)10)11-6-7-2-1-5-17-7/h1-5H,6H2,(H,11,14)(H,13,16). The molecular weight excluding hydrogens is 238 g/mol. The summed E-state index contributed by atoms with van der Waals surface area (Å²) < 4.78 is 1.23. The van der Waals surface area contributed by atoms with Crippen LogP contribution in [-0.2, 0) is 6.54 Å². The zero-order chi connectivity index (χ0) is 11.7. The van der Waals surface area contributed by atoms with E-state index in [0.29, 0.717) is 18.0 Å². The van der Waals surface area contributed by atoms with Crippen molar-refractivity contribution in [2.45, 2.75) is 6.54 Å². The van der Waals surface area contributed by atoms with Crippen LogP contribution in [0.3, 0.4) is 0 Å². The molecule has 0 aliphatic heterocycles. The van der Waals surface area contributed by atoms with Crippen molar-refractivity contribution in [3.05, 3.63) is 45.0 Å². The molecule has 0 aliphatic carbocycles. The Morgan fingerprint density at radius 1 is 1.41 bits per heavy atom. The number of hydrogen-bond donors (Lipinski definition) is 2. The molecule has 2 N–H and O–H groups in total. The quantitative estimate of drug-likeness (QED) is 0.726. The average Bonchev–Trinajstić information content (AvgIpc) is 2.97. The van der Waals surface area contributed by atoms with Crippen molar-refractivity contribution in [1.29, 1.82) is 0 Å². The zero-order valence-corrected chi connectivity index (χ0v) is 9.57. The Morgan fingerprint density at radius 2 is 2.35 bits per heavy atom. The molecule has 3 aromatic rings. The smallest absolute Gasteiger partial charge is 0.364 e. The van der Waals surface area contributed by atoms with Gasteiger partial charge in [-0.3, -0.25) is 0 Å². The highest BCUT2D eigenvalue weighted by atomic mass is 32.1. The van der Waals surface area contributed by atoms with E-state index < -0.39 is 0 Å². The number of aromatic nitrogens is 4. The van der Waals surface area contributed by atoms with Crippen LogP contribution in [0.2, 0.25) is 0 Å². The molecule has 0 saturated heterocycles. The maximum Gasteiger partial charge on any atom is 0.364 e. The third-order valence-corrected chi connectivity index (χ3v) is 3.17. The van der Waals surface area contributed by atoms with Gasteiger partial charge in [0, 0.05) is 4.88 Å². The Kier molecular flexibility index (Phi) is 2.37. The number of nitrogens with zero attached hydrogens (tertiary/aromatic N) is 3. The molecule has 0 radical (unpaired) electrons. The van der Waals surface area contributed by atoms with Crippen molar-refractivity contribution in [2.75, 3.05) is 5.32 Å². The van der Waals surface area contributed by atoms with Crippen molar-refractivity contribution in [3.8, 4) is 0 Å². The molecule has 0 unspecified atom stereocenters. The predicted molar refractivity (Wildman–Crippen MR) is 65.3 cm³/mol. The van der Waals surface area contributed by atoms with E-state index in [1.165, 1.54) is 9.39 Å². The second-order valence-corrected chi connectivity index (χ2v) is 4.48. The lowest BCUT2D eigenvalue weighted by molar-refractivity contribution is 0.876. The summed E-state index contributed by atoms with van der Waals surface area (Å²) in [4.78, 5) is 12.5. The molecule has 0 fully saturated rings. The normalized spacial score (nSPS) is 10.8. The average molecular weight is 247 g/mol. The molecular formula is C10H9N5OS. The van der Waals surface area contributed by atoms with Crippen LogP contribution in [0.5, 0.6) is 0 Å². The van der Waals surface area contributed by atoms with E-state index in [1.54, 1.807) is 23.5 Å². The minimum atomic E-state index is -0.334. The fourth-order valence-corrected chi connectivity index (χ4v) is 2.13. The Morgan fingerprint density at radius 3 is 3.18 bits per heavy atom. The number of anilines is 1. The first-order valence-corrected chi connectivity index (χ1v) is 5.91. The Labute approximate surface area is 99.9 Å². The third kappa shape index (κ3) is 1.92. The molecule has 17 heavy (non-hydrogen) atoms. The molecule has 3 rings (SSSR count). The molecule has 7 heteroatoms. The van der Waals surface area contributed by atoms with Crippen LogP contribution in [0.15, 0.2) is 34.4 Å². The van der Waals surface area contributed by atoms with E-state index in [-0.39, 0.29) is 5.69 Å². The van der Waals surface area contributed by atoms with E-state index in [1.807, 2.05) is 17.5 Å². The van der Waals surface area contributed by atoms with Gasteiger partial charge in [0.1, 0.15) is 5.82 Å². The van der Waals surface area contributed by atoms with Crippen LogP contribution in [0.25, 0.3) is 5.65 Å². The number of nitrogens with one attached hydrogen (secondary N) is 2. The van der Waals surface area contributed by atoms with E-state index in [0.717, 1.165) is 0 Å². The molecule has 3 aromatic heterocycles. The molecule has 0 atom stereocenters. The van der Waals surface area contributed by atoms with Crippen LogP contribution in [-0.4, -0.2) is 19.8 Å². The van der Waals surface area contributed by atoms with Gasteiger partial charge in [0.15, 0.2) is 5.65 Å². The molecule has 0 bridgehead atoms. The minimum absolute atomic E-state index is 0.334. The topological polar surface area (TPSA) is 75.1 Å². The summed E-state index contributed by atoms with van der Waals surface area (Å²) >= 11 is 1.67. The summed E-state index contributed by atoms with van der Waals surface area (Å²) in [5, 5.41) is 15.5. The minimum Gasteiger partial charge on any atom is -0.364 e. The molecule has 0 aliphatic rings. The van der Waals surface area contributed by atoms with Crippen LogP contribution in [0.1, 0.15) is 4.88 Å². The van der Waals surface area contributed by atoms with E-state index in [4.69, 9.17) is 0 Å². The number of H-pyrrole nitrogens is 1. The highest BCUT2D eigenvalue weighted by Gasteiger charge is 2.02. The number of hydrogen-bond acceptors (Lipinski definition) is 5. The number of fused-ring (bicyclic) bond motifs is 1. The predicted octanol–water partition coefficient (Wildman–Crippen LogP) is 1.09. The number of aromatic amines is 1. The van der Waals surface area contributed by atoms with Gasteiger partial charge in [0.05, 0.1) is 6.54 Å². The molecule has 0 amide bonds. The summed E-state index contributed by atoms with van der Waals surface area (Å²) in [6.45, 7) is 0.697. The fraction of sp³-hybridized carbons (Fsp3) is 0.100. The fourth-order valence-electron chi connectivity index (χ4n) is 1.49. The van der Waals surface area contributed by atoms with Crippen LogP contribution >= 0.6 is 11.3 Å². The summed E-state index contributed by atoms with van der Waals surface area (Å²) in [5.74, 6) is 0.648. The summed E-state index contributed by atoms with van der Waals surface area (Å²) in [6, 6.07) is 7.57. The highest BCUT2D eigenvalue weighted by molar-refractivity contribution is 7.09. The van der Waals surface area contributed by atoms with Gasteiger partial charge in [-0.2, -0.15) is 9.61 Å². The Bertz CT molecular complexity index is 684. The van der Waals surface area contributed by atoms with Crippen LogP contribution in [0.4, 0.5) is 5.82 Å². The van der Waals surface area contributed by atoms with Gasteiger partial charge >= 0.3 is 5.69 Å². The highest BCUT2D eigenvalue weighted by Crippen LogP contribution is 2.11. The van der Waals surface area contributed by atoms with Crippen molar-refractivity contribution in [1.82, 2.24) is 19.8 Å². The third-order valence-electron chi connectivity index (χ3n) is 2.30. The largest absolute Gasteiger partial charge is 0.364 e. The number of thiophene rings is 1. The van der Waals surface area contributed by atoms with Crippen molar-refractivity contribution in [3.63, 3.8) is 0 Å². The van der Waals surface area contributed by atoms with Crippen molar-refractivity contribution in [2.24, 2.45) is 0 Å². The van der Waals surface area contributed by atoms with Crippen LogP contribution < -0.4 is 11.0 Å². The van der Waals surface area contributed by atoms with Gasteiger partial charge in [0.25, 0.3) is 0 Å². The first-order valence-electron chi connectivity index (χ1n) is 5.04. The van der Waals surface area contributed by atoms with Crippen molar-refractivity contribution < 1.29 is 0 Å². The second-order valence-electron chi connectivity index (χ2n) is 3.45. The Hall–Kier alpha value is -2.15. The lowest BCUT2D eigenvalue weighted by atomic mass is 10.4. The first-order chi connectivity index (χ1) is 8.33. The van der Waals surface area contributed by atoms with E-state index >= 15 is 0 Å². The monoisotopic (exact) mass is 247 g/mol. The summed E-state index contributed by atoms with van der Waals surface area (Å²) in [6.07, 6.45) is 0. The molecule has 3 heterocycles. The Balaban J connectivity index is 1.85. The van der Waals surface area contributed by atoms with Gasteiger partial charge < -0.3 is 5.32 Å². The zero-order valence-electron chi connectivity index (χ0n) is 8.75. The molecule has 0 saturated carbocycles. The summed E-state index contributed by atoms with van der Waals surface area (Å²) in [5.41, 5.74) is 0.177. The summed E-state index contributed by atoms with van der Waals surface area (Å²) in [7, 11) is 0. The van der Waals surface area contributed by atoms with Gasteiger partial charge in [-0.15, -0.1) is 16.4 Å². The maximum absolute atomic E-state index is 11.3. The first kappa shape index (κ1) is 10.0. The van der Waals surface area contributed by atoms with Gasteiger partial charge in [-0.25, -0.2) is 9.89 Å². The second kappa shape index (κ2) is 4.02. The van der Waals surface area contributed by atoms with Gasteiger partial charge in [-0.1, -0.05) is 6.07 Å². The molecule has 0 spiro atoms. The molecule has 6 nitrogen and oxygen atoms in total. The van der Waals surface area contributed by atoms with E-state index in [9.17, 15) is 4.79 Å². The molecule has 0 aromatic carbocycles. The SMILES string of the molecule is O=c1[nH]nc2ccc(NCc3cccs3)nn12. The maximum atomic E-state index is 11.3. The van der Waals surface area contributed by atoms with Crippen LogP contribution in [0, 0.1) is 0 Å². The van der Waals surface area contributed by atoms with Crippen molar-refractivity contribution >= 4 is 22.8 Å².